The molecule has 17 heavy (non-hydrogen) atoms. The van der Waals surface area contributed by atoms with Gasteiger partial charge in [-0.2, -0.15) is 0 Å². The summed E-state index contributed by atoms with van der Waals surface area (Å²) < 4.78 is 2.34. The number of imidazole rings is 1. The zero-order valence-corrected chi connectivity index (χ0v) is 10.9. The van der Waals surface area contributed by atoms with Crippen molar-refractivity contribution in [3.05, 3.63) is 24.0 Å². The molecule has 3 heteroatoms. The maximum atomic E-state index is 5.81. The number of benzene rings is 1. The molecule has 0 bridgehead atoms. The van der Waals surface area contributed by atoms with Crippen molar-refractivity contribution in [2.45, 2.75) is 40.2 Å². The topological polar surface area (TPSA) is 43.8 Å². The van der Waals surface area contributed by atoms with E-state index in [4.69, 9.17) is 10.7 Å². The molecular weight excluding hydrogens is 210 g/mol. The lowest BCUT2D eigenvalue weighted by molar-refractivity contribution is 0.515. The Balaban J connectivity index is 2.54. The van der Waals surface area contributed by atoms with Crippen molar-refractivity contribution >= 4 is 16.7 Å². The van der Waals surface area contributed by atoms with Gasteiger partial charge in [-0.05, 0) is 30.5 Å². The second-order valence-corrected chi connectivity index (χ2v) is 5.03. The predicted molar refractivity (Wildman–Crippen MR) is 73.0 cm³/mol. The number of aromatic nitrogens is 2. The number of fused-ring (bicyclic) bond motifs is 1. The maximum absolute atomic E-state index is 5.81. The summed E-state index contributed by atoms with van der Waals surface area (Å²) in [5.41, 5.74) is 8.82. The SMILES string of the molecule is CCCc1nc2cc(N)ccc2n1CC(C)C. The van der Waals surface area contributed by atoms with Gasteiger partial charge in [0.25, 0.3) is 0 Å². The second kappa shape index (κ2) is 4.78. The molecule has 0 aliphatic rings. The number of nitrogens with two attached hydrogens (primary N) is 1. The van der Waals surface area contributed by atoms with E-state index in [2.05, 4.69) is 31.4 Å². The largest absolute Gasteiger partial charge is 0.399 e. The van der Waals surface area contributed by atoms with Gasteiger partial charge in [0.15, 0.2) is 0 Å². The van der Waals surface area contributed by atoms with Gasteiger partial charge in [-0.1, -0.05) is 20.8 Å². The van der Waals surface area contributed by atoms with Crippen molar-refractivity contribution in [3.8, 4) is 0 Å². The standard InChI is InChI=1S/C14H21N3/c1-4-5-14-16-12-8-11(15)6-7-13(12)17(14)9-10(2)3/h6-8,10H,4-5,9,15H2,1-3H3. The Bertz CT molecular complexity index is 511. The van der Waals surface area contributed by atoms with Crippen LogP contribution in [0.15, 0.2) is 18.2 Å². The Morgan fingerprint density at radius 3 is 2.76 bits per heavy atom. The highest BCUT2D eigenvalue weighted by molar-refractivity contribution is 5.79. The van der Waals surface area contributed by atoms with Crippen molar-refractivity contribution in [1.82, 2.24) is 9.55 Å². The van der Waals surface area contributed by atoms with Crippen LogP contribution in [-0.4, -0.2) is 9.55 Å². The Hall–Kier alpha value is -1.51. The molecule has 2 aromatic rings. The van der Waals surface area contributed by atoms with Crippen molar-refractivity contribution < 1.29 is 0 Å². The van der Waals surface area contributed by atoms with Gasteiger partial charge in [0.05, 0.1) is 11.0 Å². The lowest BCUT2D eigenvalue weighted by atomic mass is 10.2. The summed E-state index contributed by atoms with van der Waals surface area (Å²) in [6, 6.07) is 6.00. The minimum atomic E-state index is 0.626. The third kappa shape index (κ3) is 2.43. The minimum Gasteiger partial charge on any atom is -0.399 e. The van der Waals surface area contributed by atoms with E-state index in [9.17, 15) is 0 Å². The lowest BCUT2D eigenvalue weighted by Crippen LogP contribution is -2.08. The van der Waals surface area contributed by atoms with Crippen LogP contribution in [0.3, 0.4) is 0 Å². The number of hydrogen-bond acceptors (Lipinski definition) is 2. The van der Waals surface area contributed by atoms with Crippen LogP contribution < -0.4 is 5.73 Å². The molecular formula is C14H21N3. The van der Waals surface area contributed by atoms with Gasteiger partial charge in [0.2, 0.25) is 0 Å². The number of hydrogen-bond donors (Lipinski definition) is 1. The van der Waals surface area contributed by atoms with E-state index in [1.807, 2.05) is 12.1 Å². The van der Waals surface area contributed by atoms with E-state index in [1.165, 1.54) is 11.3 Å². The first kappa shape index (κ1) is 12.0. The van der Waals surface area contributed by atoms with Crippen LogP contribution in [0, 0.1) is 5.92 Å². The molecule has 0 aliphatic heterocycles. The van der Waals surface area contributed by atoms with Gasteiger partial charge < -0.3 is 10.3 Å². The molecule has 92 valence electrons. The highest BCUT2D eigenvalue weighted by Gasteiger charge is 2.11. The highest BCUT2D eigenvalue weighted by atomic mass is 15.1. The molecule has 2 rings (SSSR count). The van der Waals surface area contributed by atoms with Crippen molar-refractivity contribution in [3.63, 3.8) is 0 Å². The summed E-state index contributed by atoms with van der Waals surface area (Å²) in [5, 5.41) is 0. The molecule has 1 heterocycles. The van der Waals surface area contributed by atoms with Crippen LogP contribution in [0.25, 0.3) is 11.0 Å². The van der Waals surface area contributed by atoms with Gasteiger partial charge in [-0.3, -0.25) is 0 Å². The quantitative estimate of drug-likeness (QED) is 0.821. The van der Waals surface area contributed by atoms with E-state index in [0.717, 1.165) is 30.6 Å². The molecule has 1 aromatic carbocycles. The number of aryl methyl sites for hydroxylation is 1. The molecule has 0 saturated heterocycles. The molecule has 0 amide bonds. The van der Waals surface area contributed by atoms with E-state index >= 15 is 0 Å². The van der Waals surface area contributed by atoms with Crippen LogP contribution in [0.5, 0.6) is 0 Å². The average molecular weight is 231 g/mol. The van der Waals surface area contributed by atoms with Gasteiger partial charge in [0, 0.05) is 18.7 Å². The number of anilines is 1. The van der Waals surface area contributed by atoms with Crippen LogP contribution in [0.4, 0.5) is 5.69 Å². The molecule has 0 saturated carbocycles. The summed E-state index contributed by atoms with van der Waals surface area (Å²) >= 11 is 0. The summed E-state index contributed by atoms with van der Waals surface area (Å²) in [4.78, 5) is 4.70. The molecule has 0 fully saturated rings. The smallest absolute Gasteiger partial charge is 0.109 e. The Morgan fingerprint density at radius 2 is 2.12 bits per heavy atom. The summed E-state index contributed by atoms with van der Waals surface area (Å²) in [7, 11) is 0. The summed E-state index contributed by atoms with van der Waals surface area (Å²) in [6.45, 7) is 7.68. The molecule has 0 radical (unpaired) electrons. The second-order valence-electron chi connectivity index (χ2n) is 5.03. The number of rotatable bonds is 4. The third-order valence-electron chi connectivity index (χ3n) is 2.87. The zero-order chi connectivity index (χ0) is 12.4. The van der Waals surface area contributed by atoms with Crippen molar-refractivity contribution in [2.24, 2.45) is 5.92 Å². The first-order valence-electron chi connectivity index (χ1n) is 6.36. The van der Waals surface area contributed by atoms with Crippen LogP contribution in [0.2, 0.25) is 0 Å². The van der Waals surface area contributed by atoms with E-state index in [1.54, 1.807) is 0 Å². The van der Waals surface area contributed by atoms with Gasteiger partial charge >= 0.3 is 0 Å². The van der Waals surface area contributed by atoms with Gasteiger partial charge in [-0.25, -0.2) is 4.98 Å². The molecule has 0 spiro atoms. The first-order chi connectivity index (χ1) is 8.11. The van der Waals surface area contributed by atoms with Crippen molar-refractivity contribution in [2.75, 3.05) is 5.73 Å². The van der Waals surface area contributed by atoms with Crippen molar-refractivity contribution in [1.29, 1.82) is 0 Å². The molecule has 0 unspecified atom stereocenters. The molecule has 2 N–H and O–H groups in total. The Morgan fingerprint density at radius 1 is 1.35 bits per heavy atom. The summed E-state index contributed by atoms with van der Waals surface area (Å²) in [5.74, 6) is 1.81. The Labute approximate surface area is 103 Å². The number of nitrogen functional groups attached to an aromatic ring is 1. The fourth-order valence-corrected chi connectivity index (χ4v) is 2.18. The molecule has 0 atom stereocenters. The molecule has 1 aromatic heterocycles. The lowest BCUT2D eigenvalue weighted by Gasteiger charge is -2.11. The highest BCUT2D eigenvalue weighted by Crippen LogP contribution is 2.21. The third-order valence-corrected chi connectivity index (χ3v) is 2.87. The van der Waals surface area contributed by atoms with E-state index in [0.29, 0.717) is 5.92 Å². The van der Waals surface area contributed by atoms with Crippen LogP contribution >= 0.6 is 0 Å². The van der Waals surface area contributed by atoms with E-state index < -0.39 is 0 Å². The van der Waals surface area contributed by atoms with Crippen LogP contribution in [0.1, 0.15) is 33.0 Å². The fourth-order valence-electron chi connectivity index (χ4n) is 2.18. The number of nitrogens with zero attached hydrogens (tertiary/aromatic N) is 2. The summed E-state index contributed by atoms with van der Waals surface area (Å²) in [6.07, 6.45) is 2.15. The normalized spacial score (nSPS) is 11.5. The minimum absolute atomic E-state index is 0.626. The molecule has 0 aliphatic carbocycles. The van der Waals surface area contributed by atoms with Gasteiger partial charge in [0.1, 0.15) is 5.82 Å². The monoisotopic (exact) mass is 231 g/mol. The van der Waals surface area contributed by atoms with Gasteiger partial charge in [-0.15, -0.1) is 0 Å². The van der Waals surface area contributed by atoms with Crippen LogP contribution in [-0.2, 0) is 13.0 Å². The fraction of sp³-hybridized carbons (Fsp3) is 0.500. The first-order valence-corrected chi connectivity index (χ1v) is 6.36. The molecule has 3 nitrogen and oxygen atoms in total. The Kier molecular flexibility index (Phi) is 3.36. The predicted octanol–water partition coefficient (Wildman–Crippen LogP) is 3.23. The van der Waals surface area contributed by atoms with E-state index in [-0.39, 0.29) is 0 Å². The maximum Gasteiger partial charge on any atom is 0.109 e. The zero-order valence-electron chi connectivity index (χ0n) is 10.9. The average Bonchev–Trinajstić information content (AvgIpc) is 2.56.